The standard InChI is InChI=1S/C9H18N4O3/c1-2-6(14)9(12,7(15)16)4-3-5-13-8(10)11/h2-5,12H2,1H3,(H,15,16)(H4,10,11,13)/t9-/m1/s1. The first kappa shape index (κ1) is 14.4. The van der Waals surface area contributed by atoms with Crippen molar-refractivity contribution in [2.24, 2.45) is 22.2 Å². The summed E-state index contributed by atoms with van der Waals surface area (Å²) in [5.74, 6) is -1.88. The number of aliphatic imine (C=N–C) groups is 1. The molecule has 1 atom stereocenters. The zero-order chi connectivity index (χ0) is 12.8. The molecule has 0 amide bonds. The van der Waals surface area contributed by atoms with Crippen LogP contribution in [0.15, 0.2) is 4.99 Å². The lowest BCUT2D eigenvalue weighted by molar-refractivity contribution is -0.148. The number of carbonyl (C=O) groups is 2. The molecule has 0 bridgehead atoms. The predicted molar refractivity (Wildman–Crippen MR) is 59.8 cm³/mol. The minimum atomic E-state index is -1.83. The largest absolute Gasteiger partial charge is 0.480 e. The molecule has 7 heteroatoms. The number of rotatable bonds is 7. The van der Waals surface area contributed by atoms with E-state index in [1.54, 1.807) is 6.92 Å². The van der Waals surface area contributed by atoms with Crippen molar-refractivity contribution in [3.8, 4) is 0 Å². The summed E-state index contributed by atoms with van der Waals surface area (Å²) in [7, 11) is 0. The van der Waals surface area contributed by atoms with Gasteiger partial charge in [-0.1, -0.05) is 6.92 Å². The van der Waals surface area contributed by atoms with E-state index in [4.69, 9.17) is 22.3 Å². The molecule has 0 aliphatic carbocycles. The van der Waals surface area contributed by atoms with Crippen LogP contribution in [0.4, 0.5) is 0 Å². The molecule has 0 saturated carbocycles. The van der Waals surface area contributed by atoms with Gasteiger partial charge in [0, 0.05) is 13.0 Å². The quantitative estimate of drug-likeness (QED) is 0.187. The molecule has 7 nitrogen and oxygen atoms in total. The number of Topliss-reactive ketones (excluding diaryl/α,β-unsaturated/α-hetero) is 1. The predicted octanol–water partition coefficient (Wildman–Crippen LogP) is -1.20. The summed E-state index contributed by atoms with van der Waals surface area (Å²) in [5, 5.41) is 8.91. The summed E-state index contributed by atoms with van der Waals surface area (Å²) < 4.78 is 0. The van der Waals surface area contributed by atoms with Gasteiger partial charge in [0.05, 0.1) is 0 Å². The smallest absolute Gasteiger partial charge is 0.331 e. The van der Waals surface area contributed by atoms with Gasteiger partial charge in [0.1, 0.15) is 0 Å². The molecule has 0 fully saturated rings. The first-order chi connectivity index (χ1) is 7.34. The average Bonchev–Trinajstić information content (AvgIpc) is 2.22. The third kappa shape index (κ3) is 3.85. The summed E-state index contributed by atoms with van der Waals surface area (Å²) in [4.78, 5) is 26.0. The maximum absolute atomic E-state index is 11.4. The van der Waals surface area contributed by atoms with Gasteiger partial charge in [0.2, 0.25) is 0 Å². The van der Waals surface area contributed by atoms with Crippen molar-refractivity contribution in [3.63, 3.8) is 0 Å². The number of carboxylic acid groups (broad SMARTS) is 1. The van der Waals surface area contributed by atoms with Crippen molar-refractivity contribution in [1.29, 1.82) is 0 Å². The van der Waals surface area contributed by atoms with Crippen LogP contribution in [0.3, 0.4) is 0 Å². The molecule has 0 rings (SSSR count). The van der Waals surface area contributed by atoms with E-state index in [0.717, 1.165) is 0 Å². The van der Waals surface area contributed by atoms with Crippen LogP contribution in [0.2, 0.25) is 0 Å². The second kappa shape index (κ2) is 6.06. The molecule has 0 unspecified atom stereocenters. The van der Waals surface area contributed by atoms with Gasteiger partial charge in [0.15, 0.2) is 17.3 Å². The van der Waals surface area contributed by atoms with E-state index in [2.05, 4.69) is 4.99 Å². The normalized spacial score (nSPS) is 13.9. The van der Waals surface area contributed by atoms with Crippen molar-refractivity contribution >= 4 is 17.7 Å². The van der Waals surface area contributed by atoms with Crippen LogP contribution in [0.25, 0.3) is 0 Å². The number of hydrogen-bond donors (Lipinski definition) is 4. The van der Waals surface area contributed by atoms with E-state index in [1.165, 1.54) is 0 Å². The molecule has 16 heavy (non-hydrogen) atoms. The third-order valence-corrected chi connectivity index (χ3v) is 2.22. The van der Waals surface area contributed by atoms with Crippen LogP contribution >= 0.6 is 0 Å². The molecule has 92 valence electrons. The van der Waals surface area contributed by atoms with Gasteiger partial charge in [-0.15, -0.1) is 0 Å². The van der Waals surface area contributed by atoms with E-state index in [0.29, 0.717) is 6.42 Å². The fraction of sp³-hybridized carbons (Fsp3) is 0.667. The molecule has 0 aromatic heterocycles. The Hall–Kier alpha value is -1.63. The lowest BCUT2D eigenvalue weighted by Gasteiger charge is -2.22. The maximum atomic E-state index is 11.4. The van der Waals surface area contributed by atoms with Crippen LogP contribution in [-0.2, 0) is 9.59 Å². The van der Waals surface area contributed by atoms with Gasteiger partial charge >= 0.3 is 5.97 Å². The highest BCUT2D eigenvalue weighted by molar-refractivity contribution is 6.07. The molecular weight excluding hydrogens is 212 g/mol. The third-order valence-electron chi connectivity index (χ3n) is 2.22. The monoisotopic (exact) mass is 230 g/mol. The van der Waals surface area contributed by atoms with Crippen molar-refractivity contribution in [1.82, 2.24) is 0 Å². The van der Waals surface area contributed by atoms with Crippen molar-refractivity contribution in [3.05, 3.63) is 0 Å². The van der Waals surface area contributed by atoms with Gasteiger partial charge in [-0.3, -0.25) is 9.79 Å². The molecule has 0 heterocycles. The number of guanidine groups is 1. The second-order valence-electron chi connectivity index (χ2n) is 3.46. The summed E-state index contributed by atoms with van der Waals surface area (Å²) in [6, 6.07) is 0. The maximum Gasteiger partial charge on any atom is 0.331 e. The van der Waals surface area contributed by atoms with E-state index in [1.807, 2.05) is 0 Å². The summed E-state index contributed by atoms with van der Waals surface area (Å²) >= 11 is 0. The van der Waals surface area contributed by atoms with Gasteiger partial charge < -0.3 is 22.3 Å². The van der Waals surface area contributed by atoms with Gasteiger partial charge in [-0.05, 0) is 12.8 Å². The Morgan fingerprint density at radius 1 is 1.38 bits per heavy atom. The first-order valence-electron chi connectivity index (χ1n) is 4.95. The summed E-state index contributed by atoms with van der Waals surface area (Å²) in [5.41, 5.74) is 13.9. The molecule has 0 aromatic rings. The Morgan fingerprint density at radius 2 is 1.94 bits per heavy atom. The highest BCUT2D eigenvalue weighted by Gasteiger charge is 2.39. The molecule has 0 aliphatic heterocycles. The molecule has 7 N–H and O–H groups in total. The minimum Gasteiger partial charge on any atom is -0.480 e. The highest BCUT2D eigenvalue weighted by Crippen LogP contribution is 2.13. The molecule has 0 saturated heterocycles. The topological polar surface area (TPSA) is 145 Å². The Morgan fingerprint density at radius 3 is 2.31 bits per heavy atom. The van der Waals surface area contributed by atoms with Crippen LogP contribution in [0, 0.1) is 0 Å². The fourth-order valence-electron chi connectivity index (χ4n) is 1.25. The zero-order valence-corrected chi connectivity index (χ0v) is 9.27. The van der Waals surface area contributed by atoms with E-state index < -0.39 is 17.3 Å². The summed E-state index contributed by atoms with van der Waals surface area (Å²) in [6.07, 6.45) is 0.448. The van der Waals surface area contributed by atoms with E-state index >= 15 is 0 Å². The lowest BCUT2D eigenvalue weighted by Crippen LogP contribution is -2.54. The lowest BCUT2D eigenvalue weighted by atomic mass is 9.88. The summed E-state index contributed by atoms with van der Waals surface area (Å²) in [6.45, 7) is 1.83. The molecule has 0 spiro atoms. The van der Waals surface area contributed by atoms with E-state index in [-0.39, 0.29) is 25.3 Å². The molecule has 0 aromatic carbocycles. The Bertz CT molecular complexity index is 299. The van der Waals surface area contributed by atoms with E-state index in [9.17, 15) is 9.59 Å². The Labute approximate surface area is 93.7 Å². The Kier molecular flexibility index (Phi) is 5.44. The number of nitrogens with zero attached hydrogens (tertiary/aromatic N) is 1. The van der Waals surface area contributed by atoms with Crippen molar-refractivity contribution < 1.29 is 14.7 Å². The number of carbonyl (C=O) groups excluding carboxylic acids is 1. The zero-order valence-electron chi connectivity index (χ0n) is 9.27. The average molecular weight is 230 g/mol. The van der Waals surface area contributed by atoms with Crippen molar-refractivity contribution in [2.45, 2.75) is 31.7 Å². The Balaban J connectivity index is 4.41. The minimum absolute atomic E-state index is 0.0196. The second-order valence-corrected chi connectivity index (χ2v) is 3.46. The fourth-order valence-corrected chi connectivity index (χ4v) is 1.25. The number of carboxylic acids is 1. The number of ketones is 1. The SMILES string of the molecule is CCC(=O)[C@](N)(CCCN=C(N)N)C(=O)O. The first-order valence-corrected chi connectivity index (χ1v) is 4.95. The number of hydrogen-bond acceptors (Lipinski definition) is 4. The van der Waals surface area contributed by atoms with Crippen LogP contribution < -0.4 is 17.2 Å². The van der Waals surface area contributed by atoms with Gasteiger partial charge in [-0.2, -0.15) is 0 Å². The molecule has 0 aliphatic rings. The highest BCUT2D eigenvalue weighted by atomic mass is 16.4. The molecule has 0 radical (unpaired) electrons. The number of aliphatic carboxylic acids is 1. The van der Waals surface area contributed by atoms with Crippen molar-refractivity contribution in [2.75, 3.05) is 6.54 Å². The van der Waals surface area contributed by atoms with Crippen LogP contribution in [-0.4, -0.2) is 34.9 Å². The van der Waals surface area contributed by atoms with Gasteiger partial charge in [-0.25, -0.2) is 4.79 Å². The number of nitrogens with two attached hydrogens (primary N) is 3. The molecular formula is C9H18N4O3. The van der Waals surface area contributed by atoms with Gasteiger partial charge in [0.25, 0.3) is 0 Å². The van der Waals surface area contributed by atoms with Crippen LogP contribution in [0.1, 0.15) is 26.2 Å². The van der Waals surface area contributed by atoms with Crippen LogP contribution in [0.5, 0.6) is 0 Å².